The Labute approximate surface area is 107 Å². The Morgan fingerprint density at radius 2 is 2.24 bits per heavy atom. The second kappa shape index (κ2) is 5.05. The maximum atomic E-state index is 12.4. The van der Waals surface area contributed by atoms with Gasteiger partial charge in [-0.2, -0.15) is 0 Å². The number of aromatic nitrogens is 1. The average Bonchev–Trinajstić information content (AvgIpc) is 2.29. The van der Waals surface area contributed by atoms with E-state index in [1.165, 1.54) is 6.42 Å². The molecule has 2 heterocycles. The predicted octanol–water partition coefficient (Wildman–Crippen LogP) is 3.06. The Kier molecular flexibility index (Phi) is 3.67. The number of carbonyl (C=O) groups excluding carboxylic acids is 1. The summed E-state index contributed by atoms with van der Waals surface area (Å²) in [5.74, 6) is 0.0823. The van der Waals surface area contributed by atoms with Gasteiger partial charge in [0, 0.05) is 12.6 Å². The van der Waals surface area contributed by atoms with Crippen LogP contribution < -0.4 is 0 Å². The first-order valence-electron chi connectivity index (χ1n) is 6.03. The summed E-state index contributed by atoms with van der Waals surface area (Å²) in [7, 11) is 0. The van der Waals surface area contributed by atoms with Crippen molar-refractivity contribution >= 4 is 17.5 Å². The number of hydrogen-bond donors (Lipinski definition) is 0. The van der Waals surface area contributed by atoms with Gasteiger partial charge in [0.2, 0.25) is 0 Å². The first kappa shape index (κ1) is 12.4. The number of piperidine rings is 1. The van der Waals surface area contributed by atoms with E-state index in [4.69, 9.17) is 11.6 Å². The van der Waals surface area contributed by atoms with Gasteiger partial charge in [0.25, 0.3) is 5.91 Å². The second-order valence-electron chi connectivity index (χ2n) is 4.61. The number of pyridine rings is 1. The third-order valence-corrected chi connectivity index (χ3v) is 3.56. The first-order chi connectivity index (χ1) is 8.09. The Balaban J connectivity index is 2.24. The van der Waals surface area contributed by atoms with Crippen molar-refractivity contribution in [2.75, 3.05) is 6.54 Å². The van der Waals surface area contributed by atoms with Crippen molar-refractivity contribution in [3.05, 3.63) is 28.5 Å². The van der Waals surface area contributed by atoms with E-state index in [1.54, 1.807) is 12.1 Å². The molecule has 0 aliphatic carbocycles. The van der Waals surface area contributed by atoms with E-state index in [9.17, 15) is 4.79 Å². The van der Waals surface area contributed by atoms with Crippen LogP contribution in [0.25, 0.3) is 0 Å². The summed E-state index contributed by atoms with van der Waals surface area (Å²) in [6.45, 7) is 4.78. The maximum Gasteiger partial charge on any atom is 0.255 e. The maximum absolute atomic E-state index is 12.4. The zero-order valence-electron chi connectivity index (χ0n) is 10.2. The fourth-order valence-corrected chi connectivity index (χ4v) is 2.50. The molecule has 3 nitrogen and oxygen atoms in total. The molecular weight excluding hydrogens is 236 g/mol. The van der Waals surface area contributed by atoms with Crippen LogP contribution in [0, 0.1) is 6.92 Å². The van der Waals surface area contributed by atoms with E-state index in [2.05, 4.69) is 11.9 Å². The van der Waals surface area contributed by atoms with Crippen LogP contribution in [0.3, 0.4) is 0 Å². The van der Waals surface area contributed by atoms with Gasteiger partial charge in [-0.3, -0.25) is 4.79 Å². The largest absolute Gasteiger partial charge is 0.336 e. The topological polar surface area (TPSA) is 33.2 Å². The van der Waals surface area contributed by atoms with Crippen molar-refractivity contribution in [2.24, 2.45) is 0 Å². The van der Waals surface area contributed by atoms with E-state index in [0.717, 1.165) is 19.4 Å². The molecule has 1 amide bonds. The highest BCUT2D eigenvalue weighted by molar-refractivity contribution is 6.29. The summed E-state index contributed by atoms with van der Waals surface area (Å²) in [5.41, 5.74) is 1.38. The third kappa shape index (κ3) is 2.60. The van der Waals surface area contributed by atoms with Crippen LogP contribution in [0.5, 0.6) is 0 Å². The number of nitrogens with zero attached hydrogens (tertiary/aromatic N) is 2. The summed E-state index contributed by atoms with van der Waals surface area (Å²) in [6.07, 6.45) is 3.39. The van der Waals surface area contributed by atoms with Crippen molar-refractivity contribution in [3.63, 3.8) is 0 Å². The standard InChI is InChI=1S/C13H17ClN2O/c1-9-5-3-4-8-16(9)13(17)11-6-7-12(14)15-10(11)2/h6-7,9H,3-5,8H2,1-2H3. The lowest BCUT2D eigenvalue weighted by Gasteiger charge is -2.33. The molecule has 2 rings (SSSR count). The molecule has 1 aromatic heterocycles. The van der Waals surface area contributed by atoms with Gasteiger partial charge < -0.3 is 4.90 Å². The molecule has 1 aromatic rings. The summed E-state index contributed by atoms with van der Waals surface area (Å²) in [5, 5.41) is 0.436. The normalized spacial score (nSPS) is 20.4. The molecule has 1 saturated heterocycles. The molecule has 0 N–H and O–H groups in total. The molecule has 0 radical (unpaired) electrons. The number of rotatable bonds is 1. The molecule has 92 valence electrons. The van der Waals surface area contributed by atoms with E-state index >= 15 is 0 Å². The third-order valence-electron chi connectivity index (χ3n) is 3.35. The highest BCUT2D eigenvalue weighted by atomic mass is 35.5. The second-order valence-corrected chi connectivity index (χ2v) is 5.00. The van der Waals surface area contributed by atoms with Crippen LogP contribution in [0.1, 0.15) is 42.2 Å². The lowest BCUT2D eigenvalue weighted by Crippen LogP contribution is -2.42. The number of hydrogen-bond acceptors (Lipinski definition) is 2. The predicted molar refractivity (Wildman–Crippen MR) is 68.3 cm³/mol. The highest BCUT2D eigenvalue weighted by Gasteiger charge is 2.25. The lowest BCUT2D eigenvalue weighted by molar-refractivity contribution is 0.0634. The molecule has 0 aromatic carbocycles. The first-order valence-corrected chi connectivity index (χ1v) is 6.41. The molecule has 1 aliphatic rings. The van der Waals surface area contributed by atoms with Gasteiger partial charge in [0.1, 0.15) is 5.15 Å². The minimum absolute atomic E-state index is 0.0823. The van der Waals surface area contributed by atoms with E-state index in [1.807, 2.05) is 11.8 Å². The number of aryl methyl sites for hydroxylation is 1. The summed E-state index contributed by atoms with van der Waals surface area (Å²) < 4.78 is 0. The van der Waals surface area contributed by atoms with E-state index < -0.39 is 0 Å². The minimum atomic E-state index is 0.0823. The number of amides is 1. The van der Waals surface area contributed by atoms with Gasteiger partial charge in [-0.1, -0.05) is 11.6 Å². The summed E-state index contributed by atoms with van der Waals surface area (Å²) >= 11 is 5.80. The van der Waals surface area contributed by atoms with Crippen molar-refractivity contribution in [1.82, 2.24) is 9.88 Å². The van der Waals surface area contributed by atoms with Crippen molar-refractivity contribution < 1.29 is 4.79 Å². The van der Waals surface area contributed by atoms with Gasteiger partial charge in [0.05, 0.1) is 11.3 Å². The Bertz CT molecular complexity index is 433. The monoisotopic (exact) mass is 252 g/mol. The fourth-order valence-electron chi connectivity index (χ4n) is 2.31. The average molecular weight is 253 g/mol. The fraction of sp³-hybridized carbons (Fsp3) is 0.538. The molecule has 1 fully saturated rings. The van der Waals surface area contributed by atoms with Gasteiger partial charge >= 0.3 is 0 Å². The number of halogens is 1. The molecule has 17 heavy (non-hydrogen) atoms. The highest BCUT2D eigenvalue weighted by Crippen LogP contribution is 2.20. The summed E-state index contributed by atoms with van der Waals surface area (Å²) in [4.78, 5) is 18.5. The van der Waals surface area contributed by atoms with Gasteiger partial charge in [0.15, 0.2) is 0 Å². The van der Waals surface area contributed by atoms with Crippen molar-refractivity contribution in [2.45, 2.75) is 39.2 Å². The molecule has 1 aliphatic heterocycles. The Hall–Kier alpha value is -1.09. The van der Waals surface area contributed by atoms with E-state index in [-0.39, 0.29) is 5.91 Å². The van der Waals surface area contributed by atoms with Gasteiger partial charge in [-0.15, -0.1) is 0 Å². The van der Waals surface area contributed by atoms with Crippen LogP contribution in [-0.2, 0) is 0 Å². The Morgan fingerprint density at radius 3 is 2.88 bits per heavy atom. The molecule has 4 heteroatoms. The van der Waals surface area contributed by atoms with Gasteiger partial charge in [-0.05, 0) is 45.2 Å². The number of carbonyl (C=O) groups is 1. The summed E-state index contributed by atoms with van der Waals surface area (Å²) in [6, 6.07) is 3.77. The van der Waals surface area contributed by atoms with Crippen LogP contribution in [0.2, 0.25) is 5.15 Å². The minimum Gasteiger partial charge on any atom is -0.336 e. The quantitative estimate of drug-likeness (QED) is 0.720. The smallest absolute Gasteiger partial charge is 0.255 e. The number of likely N-dealkylation sites (tertiary alicyclic amines) is 1. The lowest BCUT2D eigenvalue weighted by atomic mass is 10.0. The van der Waals surface area contributed by atoms with Crippen LogP contribution in [0.15, 0.2) is 12.1 Å². The van der Waals surface area contributed by atoms with Crippen molar-refractivity contribution in [3.8, 4) is 0 Å². The molecular formula is C13H17ClN2O. The molecule has 0 saturated carbocycles. The SMILES string of the molecule is Cc1nc(Cl)ccc1C(=O)N1CCCCC1C. The zero-order valence-corrected chi connectivity index (χ0v) is 11.0. The zero-order chi connectivity index (χ0) is 12.4. The van der Waals surface area contributed by atoms with E-state index in [0.29, 0.717) is 22.5 Å². The Morgan fingerprint density at radius 1 is 1.47 bits per heavy atom. The molecule has 1 unspecified atom stereocenters. The van der Waals surface area contributed by atoms with Gasteiger partial charge in [-0.25, -0.2) is 4.98 Å². The van der Waals surface area contributed by atoms with Crippen LogP contribution >= 0.6 is 11.6 Å². The van der Waals surface area contributed by atoms with Crippen molar-refractivity contribution in [1.29, 1.82) is 0 Å². The van der Waals surface area contributed by atoms with Crippen LogP contribution in [0.4, 0.5) is 0 Å². The van der Waals surface area contributed by atoms with Crippen LogP contribution in [-0.4, -0.2) is 28.4 Å². The molecule has 0 spiro atoms. The molecule has 0 bridgehead atoms. The molecule has 1 atom stereocenters.